The van der Waals surface area contributed by atoms with Crippen LogP contribution in [0.3, 0.4) is 0 Å². The predicted octanol–water partition coefficient (Wildman–Crippen LogP) is 3.91. The molecule has 2 rings (SSSR count). The van der Waals surface area contributed by atoms with Crippen molar-refractivity contribution in [2.75, 3.05) is 13.7 Å². The van der Waals surface area contributed by atoms with Gasteiger partial charge in [0.1, 0.15) is 17.3 Å². The molecular weight excluding hydrogens is 293 g/mol. The molecule has 3 nitrogen and oxygen atoms in total. The summed E-state index contributed by atoms with van der Waals surface area (Å²) in [6.45, 7) is 4.40. The number of benzene rings is 2. The quantitative estimate of drug-likeness (QED) is 0.842. The molecule has 0 saturated carbocycles. The highest BCUT2D eigenvalue weighted by molar-refractivity contribution is 5.39. The van der Waals surface area contributed by atoms with Gasteiger partial charge in [-0.25, -0.2) is 4.39 Å². The molecule has 0 saturated heterocycles. The number of hydrogen-bond acceptors (Lipinski definition) is 3. The zero-order chi connectivity index (χ0) is 16.8. The highest BCUT2D eigenvalue weighted by atomic mass is 19.1. The maximum Gasteiger partial charge on any atom is 0.123 e. The minimum atomic E-state index is -0.281. The second kappa shape index (κ2) is 7.97. The van der Waals surface area contributed by atoms with Gasteiger partial charge < -0.3 is 15.2 Å². The molecule has 0 amide bonds. The lowest BCUT2D eigenvalue weighted by atomic mass is 9.91. The lowest BCUT2D eigenvalue weighted by Crippen LogP contribution is -2.16. The molecule has 0 bridgehead atoms. The van der Waals surface area contributed by atoms with Crippen molar-refractivity contribution in [1.29, 1.82) is 0 Å². The summed E-state index contributed by atoms with van der Waals surface area (Å²) in [5, 5.41) is 0. The number of hydrogen-bond donors (Lipinski definition) is 1. The van der Waals surface area contributed by atoms with Gasteiger partial charge in [0.05, 0.1) is 13.2 Å². The molecule has 2 aromatic carbocycles. The van der Waals surface area contributed by atoms with Crippen molar-refractivity contribution in [3.63, 3.8) is 0 Å². The van der Waals surface area contributed by atoms with E-state index < -0.39 is 0 Å². The lowest BCUT2D eigenvalue weighted by Gasteiger charge is -2.19. The van der Waals surface area contributed by atoms with E-state index in [0.717, 1.165) is 16.9 Å². The Bertz CT molecular complexity index is 643. The van der Waals surface area contributed by atoms with E-state index in [-0.39, 0.29) is 17.8 Å². The van der Waals surface area contributed by atoms with Gasteiger partial charge in [-0.15, -0.1) is 0 Å². The Morgan fingerprint density at radius 2 is 1.91 bits per heavy atom. The predicted molar refractivity (Wildman–Crippen MR) is 90.7 cm³/mol. The molecule has 0 radical (unpaired) electrons. The van der Waals surface area contributed by atoms with Crippen LogP contribution in [0, 0.1) is 5.82 Å². The Kier molecular flexibility index (Phi) is 5.99. The smallest absolute Gasteiger partial charge is 0.123 e. The topological polar surface area (TPSA) is 44.5 Å². The normalized spacial score (nSPS) is 12.3. The van der Waals surface area contributed by atoms with Crippen LogP contribution in [0.2, 0.25) is 0 Å². The average Bonchev–Trinajstić information content (AvgIpc) is 2.52. The van der Waals surface area contributed by atoms with Gasteiger partial charge in [-0.2, -0.15) is 0 Å². The molecule has 0 spiro atoms. The van der Waals surface area contributed by atoms with Gasteiger partial charge in [-0.1, -0.05) is 12.1 Å². The SMILES string of the molecule is COc1ccc(F)cc1C(CN)Cc1cccc(OC(C)C)c1. The van der Waals surface area contributed by atoms with Gasteiger partial charge in [-0.3, -0.25) is 0 Å². The first-order valence-corrected chi connectivity index (χ1v) is 7.82. The van der Waals surface area contributed by atoms with E-state index in [1.54, 1.807) is 13.2 Å². The first-order chi connectivity index (χ1) is 11.0. The third-order valence-electron chi connectivity index (χ3n) is 3.67. The second-order valence-electron chi connectivity index (χ2n) is 5.84. The van der Waals surface area contributed by atoms with Crippen LogP contribution >= 0.6 is 0 Å². The van der Waals surface area contributed by atoms with Crippen molar-refractivity contribution < 1.29 is 13.9 Å². The molecule has 0 fully saturated rings. The van der Waals surface area contributed by atoms with Crippen LogP contribution in [-0.2, 0) is 6.42 Å². The minimum absolute atomic E-state index is 0.0186. The van der Waals surface area contributed by atoms with Crippen molar-refractivity contribution in [2.24, 2.45) is 5.73 Å². The molecule has 0 aliphatic rings. The molecule has 124 valence electrons. The summed E-state index contributed by atoms with van der Waals surface area (Å²) in [5.41, 5.74) is 7.83. The van der Waals surface area contributed by atoms with Gasteiger partial charge in [0.15, 0.2) is 0 Å². The third-order valence-corrected chi connectivity index (χ3v) is 3.67. The van der Waals surface area contributed by atoms with Crippen LogP contribution in [0.5, 0.6) is 11.5 Å². The van der Waals surface area contributed by atoms with E-state index in [1.807, 2.05) is 38.1 Å². The number of rotatable bonds is 7. The standard InChI is InChI=1S/C19H24FNO2/c1-13(2)23-17-6-4-5-14(10-17)9-15(12-21)18-11-16(20)7-8-19(18)22-3/h4-8,10-11,13,15H,9,12,21H2,1-3H3. The Hall–Kier alpha value is -2.07. The number of halogens is 1. The maximum atomic E-state index is 13.6. The second-order valence-corrected chi connectivity index (χ2v) is 5.84. The molecule has 0 aliphatic heterocycles. The van der Waals surface area contributed by atoms with Crippen LogP contribution in [0.25, 0.3) is 0 Å². The summed E-state index contributed by atoms with van der Waals surface area (Å²) >= 11 is 0. The highest BCUT2D eigenvalue weighted by Gasteiger charge is 2.17. The van der Waals surface area contributed by atoms with Gasteiger partial charge in [0.25, 0.3) is 0 Å². The van der Waals surface area contributed by atoms with E-state index >= 15 is 0 Å². The summed E-state index contributed by atoms with van der Waals surface area (Å²) in [6, 6.07) is 12.5. The van der Waals surface area contributed by atoms with E-state index in [2.05, 4.69) is 0 Å². The molecular formula is C19H24FNO2. The fourth-order valence-electron chi connectivity index (χ4n) is 2.65. The Morgan fingerprint density at radius 1 is 1.13 bits per heavy atom. The Morgan fingerprint density at radius 3 is 2.57 bits per heavy atom. The molecule has 23 heavy (non-hydrogen) atoms. The fourth-order valence-corrected chi connectivity index (χ4v) is 2.65. The van der Waals surface area contributed by atoms with Crippen molar-refractivity contribution in [2.45, 2.75) is 32.3 Å². The van der Waals surface area contributed by atoms with Crippen LogP contribution in [0.15, 0.2) is 42.5 Å². The summed E-state index contributed by atoms with van der Waals surface area (Å²) < 4.78 is 24.7. The molecule has 2 aromatic rings. The number of methoxy groups -OCH3 is 1. The first-order valence-electron chi connectivity index (χ1n) is 7.82. The molecule has 0 aliphatic carbocycles. The van der Waals surface area contributed by atoms with Crippen LogP contribution in [-0.4, -0.2) is 19.8 Å². The van der Waals surface area contributed by atoms with E-state index in [9.17, 15) is 4.39 Å². The summed E-state index contributed by atoms with van der Waals surface area (Å²) in [7, 11) is 1.58. The molecule has 2 N–H and O–H groups in total. The zero-order valence-corrected chi connectivity index (χ0v) is 13.9. The maximum absolute atomic E-state index is 13.6. The zero-order valence-electron chi connectivity index (χ0n) is 13.9. The van der Waals surface area contributed by atoms with E-state index in [1.165, 1.54) is 12.1 Å². The monoisotopic (exact) mass is 317 g/mol. The molecule has 0 heterocycles. The summed E-state index contributed by atoms with van der Waals surface area (Å²) in [4.78, 5) is 0. The van der Waals surface area contributed by atoms with Crippen LogP contribution in [0.1, 0.15) is 30.9 Å². The number of nitrogens with two attached hydrogens (primary N) is 1. The Labute approximate surface area is 137 Å². The first kappa shape index (κ1) is 17.3. The van der Waals surface area contributed by atoms with E-state index in [0.29, 0.717) is 18.7 Å². The molecule has 4 heteroatoms. The van der Waals surface area contributed by atoms with Gasteiger partial charge >= 0.3 is 0 Å². The minimum Gasteiger partial charge on any atom is -0.496 e. The lowest BCUT2D eigenvalue weighted by molar-refractivity contribution is 0.242. The van der Waals surface area contributed by atoms with Gasteiger partial charge in [0, 0.05) is 11.5 Å². The van der Waals surface area contributed by atoms with Crippen molar-refractivity contribution in [1.82, 2.24) is 0 Å². The van der Waals surface area contributed by atoms with Crippen LogP contribution < -0.4 is 15.2 Å². The van der Waals surface area contributed by atoms with Gasteiger partial charge in [-0.05, 0) is 62.7 Å². The van der Waals surface area contributed by atoms with Crippen LogP contribution in [0.4, 0.5) is 4.39 Å². The summed E-state index contributed by atoms with van der Waals surface area (Å²) in [6.07, 6.45) is 0.824. The summed E-state index contributed by atoms with van der Waals surface area (Å²) in [5.74, 6) is 1.20. The third kappa shape index (κ3) is 4.70. The Balaban J connectivity index is 2.24. The van der Waals surface area contributed by atoms with E-state index in [4.69, 9.17) is 15.2 Å². The van der Waals surface area contributed by atoms with Crippen molar-refractivity contribution in [3.05, 3.63) is 59.4 Å². The van der Waals surface area contributed by atoms with Crippen molar-refractivity contribution >= 4 is 0 Å². The number of ether oxygens (including phenoxy) is 2. The average molecular weight is 317 g/mol. The highest BCUT2D eigenvalue weighted by Crippen LogP contribution is 2.30. The van der Waals surface area contributed by atoms with Gasteiger partial charge in [0.2, 0.25) is 0 Å². The largest absolute Gasteiger partial charge is 0.496 e. The molecule has 1 unspecified atom stereocenters. The van der Waals surface area contributed by atoms with Crippen molar-refractivity contribution in [3.8, 4) is 11.5 Å². The fraction of sp³-hybridized carbons (Fsp3) is 0.368. The molecule has 1 atom stereocenters. The molecule has 0 aromatic heterocycles.